The Morgan fingerprint density at radius 1 is 1.04 bits per heavy atom. The first-order chi connectivity index (χ1) is 13.3. The average Bonchev–Trinajstić information content (AvgIpc) is 3.07. The molecule has 0 aliphatic carbocycles. The van der Waals surface area contributed by atoms with Crippen LogP contribution in [0.3, 0.4) is 0 Å². The molecule has 0 spiro atoms. The SMILES string of the molecule is C=CCn1c(COc2ccccc2C)nnc1SCCOc1ccccc1. The number of hydrogen-bond donors (Lipinski definition) is 0. The van der Waals surface area contributed by atoms with Gasteiger partial charge in [0.05, 0.1) is 6.61 Å². The normalized spacial score (nSPS) is 10.6. The molecule has 0 fully saturated rings. The maximum Gasteiger partial charge on any atom is 0.191 e. The zero-order chi connectivity index (χ0) is 18.9. The second-order valence-corrected chi connectivity index (χ2v) is 6.92. The van der Waals surface area contributed by atoms with Crippen LogP contribution in [0, 0.1) is 6.92 Å². The Labute approximate surface area is 164 Å². The molecule has 0 aliphatic heterocycles. The minimum Gasteiger partial charge on any atom is -0.493 e. The first-order valence-electron chi connectivity index (χ1n) is 8.80. The van der Waals surface area contributed by atoms with E-state index in [0.29, 0.717) is 19.8 Å². The average molecular weight is 382 g/mol. The van der Waals surface area contributed by atoms with E-state index in [0.717, 1.165) is 33.8 Å². The van der Waals surface area contributed by atoms with Gasteiger partial charge >= 0.3 is 0 Å². The van der Waals surface area contributed by atoms with E-state index >= 15 is 0 Å². The lowest BCUT2D eigenvalue weighted by Crippen LogP contribution is -2.08. The topological polar surface area (TPSA) is 49.2 Å². The molecular weight excluding hydrogens is 358 g/mol. The molecule has 0 saturated heterocycles. The lowest BCUT2D eigenvalue weighted by atomic mass is 10.2. The van der Waals surface area contributed by atoms with Crippen LogP contribution in [0.2, 0.25) is 0 Å². The lowest BCUT2D eigenvalue weighted by molar-refractivity contribution is 0.287. The maximum atomic E-state index is 5.92. The predicted octanol–water partition coefficient (Wildman–Crippen LogP) is 4.52. The number of rotatable bonds is 10. The second kappa shape index (κ2) is 9.83. The highest BCUT2D eigenvalue weighted by Crippen LogP contribution is 2.21. The molecule has 2 aromatic carbocycles. The monoisotopic (exact) mass is 381 g/mol. The molecule has 27 heavy (non-hydrogen) atoms. The molecule has 0 N–H and O–H groups in total. The third kappa shape index (κ3) is 5.37. The van der Waals surface area contributed by atoms with Gasteiger partial charge in [-0.25, -0.2) is 0 Å². The van der Waals surface area contributed by atoms with Crippen molar-refractivity contribution in [3.05, 3.63) is 78.6 Å². The van der Waals surface area contributed by atoms with Gasteiger partial charge in [0.15, 0.2) is 11.0 Å². The van der Waals surface area contributed by atoms with Crippen molar-refractivity contribution in [2.45, 2.75) is 25.2 Å². The van der Waals surface area contributed by atoms with Gasteiger partial charge in [-0.3, -0.25) is 4.57 Å². The minimum absolute atomic E-state index is 0.368. The van der Waals surface area contributed by atoms with E-state index in [1.165, 1.54) is 0 Å². The molecule has 3 aromatic rings. The number of nitrogens with zero attached hydrogens (tertiary/aromatic N) is 3. The summed E-state index contributed by atoms with van der Waals surface area (Å²) in [6.07, 6.45) is 1.84. The van der Waals surface area contributed by atoms with Crippen LogP contribution in [0.5, 0.6) is 11.5 Å². The summed E-state index contributed by atoms with van der Waals surface area (Å²) in [4.78, 5) is 0. The van der Waals surface area contributed by atoms with Crippen LogP contribution in [0.1, 0.15) is 11.4 Å². The van der Waals surface area contributed by atoms with Gasteiger partial charge in [-0.05, 0) is 30.7 Å². The number of thioether (sulfide) groups is 1. The largest absolute Gasteiger partial charge is 0.493 e. The van der Waals surface area contributed by atoms with Gasteiger partial charge in [-0.15, -0.1) is 16.8 Å². The number of hydrogen-bond acceptors (Lipinski definition) is 5. The molecule has 6 heteroatoms. The zero-order valence-electron chi connectivity index (χ0n) is 15.4. The third-order valence-corrected chi connectivity index (χ3v) is 4.81. The first kappa shape index (κ1) is 19.0. The van der Waals surface area contributed by atoms with Gasteiger partial charge in [0.2, 0.25) is 0 Å². The van der Waals surface area contributed by atoms with E-state index < -0.39 is 0 Å². The number of ether oxygens (including phenoxy) is 2. The molecule has 1 heterocycles. The van der Waals surface area contributed by atoms with Crippen LogP contribution in [-0.2, 0) is 13.2 Å². The summed E-state index contributed by atoms with van der Waals surface area (Å²) in [5.74, 6) is 3.29. The van der Waals surface area contributed by atoms with Crippen LogP contribution in [0.15, 0.2) is 72.4 Å². The molecular formula is C21H23N3O2S. The van der Waals surface area contributed by atoms with Crippen LogP contribution in [-0.4, -0.2) is 27.1 Å². The van der Waals surface area contributed by atoms with Crippen molar-refractivity contribution in [3.63, 3.8) is 0 Å². The Hall–Kier alpha value is -2.73. The Morgan fingerprint density at radius 2 is 1.81 bits per heavy atom. The zero-order valence-corrected chi connectivity index (χ0v) is 16.2. The maximum absolute atomic E-state index is 5.92. The molecule has 0 amide bonds. The molecule has 3 rings (SSSR count). The summed E-state index contributed by atoms with van der Waals surface area (Å²) >= 11 is 1.61. The van der Waals surface area contributed by atoms with Gasteiger partial charge in [0, 0.05) is 12.3 Å². The molecule has 1 aromatic heterocycles. The number of benzene rings is 2. The summed E-state index contributed by atoms with van der Waals surface area (Å²) in [6.45, 7) is 7.47. The Bertz CT molecular complexity index is 865. The summed E-state index contributed by atoms with van der Waals surface area (Å²) in [6, 6.07) is 17.7. The quantitative estimate of drug-likeness (QED) is 0.293. The number of aromatic nitrogens is 3. The molecule has 0 aliphatic rings. The van der Waals surface area contributed by atoms with E-state index in [2.05, 4.69) is 16.8 Å². The van der Waals surface area contributed by atoms with Crippen molar-refractivity contribution in [1.82, 2.24) is 14.8 Å². The van der Waals surface area contributed by atoms with Gasteiger partial charge in [-0.2, -0.15) is 0 Å². The van der Waals surface area contributed by atoms with Crippen molar-refractivity contribution < 1.29 is 9.47 Å². The first-order valence-corrected chi connectivity index (χ1v) is 9.78. The fourth-order valence-electron chi connectivity index (χ4n) is 2.51. The van der Waals surface area contributed by atoms with E-state index in [-0.39, 0.29) is 0 Å². The third-order valence-electron chi connectivity index (χ3n) is 3.88. The van der Waals surface area contributed by atoms with Gasteiger partial charge in [-0.1, -0.05) is 54.2 Å². The molecule has 0 radical (unpaired) electrons. The molecule has 5 nitrogen and oxygen atoms in total. The van der Waals surface area contributed by atoms with Crippen molar-refractivity contribution >= 4 is 11.8 Å². The Balaban J connectivity index is 1.57. The second-order valence-electron chi connectivity index (χ2n) is 5.86. The molecule has 0 bridgehead atoms. The highest BCUT2D eigenvalue weighted by molar-refractivity contribution is 7.99. The van der Waals surface area contributed by atoms with Crippen LogP contribution in [0.25, 0.3) is 0 Å². The summed E-state index contributed by atoms with van der Waals surface area (Å²) in [5, 5.41) is 9.44. The van der Waals surface area contributed by atoms with Crippen LogP contribution < -0.4 is 9.47 Å². The van der Waals surface area contributed by atoms with Crippen molar-refractivity contribution in [2.24, 2.45) is 0 Å². The van der Waals surface area contributed by atoms with Crippen LogP contribution >= 0.6 is 11.8 Å². The minimum atomic E-state index is 0.368. The highest BCUT2D eigenvalue weighted by Gasteiger charge is 2.12. The number of aryl methyl sites for hydroxylation is 1. The number of allylic oxidation sites excluding steroid dienone is 1. The van der Waals surface area contributed by atoms with E-state index in [4.69, 9.17) is 9.47 Å². The molecule has 140 valence electrons. The van der Waals surface area contributed by atoms with Crippen molar-refractivity contribution in [1.29, 1.82) is 0 Å². The van der Waals surface area contributed by atoms with E-state index in [1.807, 2.05) is 72.2 Å². The summed E-state index contributed by atoms with van der Waals surface area (Å²) < 4.78 is 13.7. The van der Waals surface area contributed by atoms with Gasteiger partial charge < -0.3 is 9.47 Å². The van der Waals surface area contributed by atoms with Gasteiger partial charge in [0.25, 0.3) is 0 Å². The Morgan fingerprint density at radius 3 is 2.59 bits per heavy atom. The molecule has 0 saturated carbocycles. The van der Waals surface area contributed by atoms with Gasteiger partial charge in [0.1, 0.15) is 18.1 Å². The number of para-hydroxylation sites is 2. The van der Waals surface area contributed by atoms with Crippen molar-refractivity contribution in [2.75, 3.05) is 12.4 Å². The van der Waals surface area contributed by atoms with E-state index in [1.54, 1.807) is 11.8 Å². The van der Waals surface area contributed by atoms with Crippen LogP contribution in [0.4, 0.5) is 0 Å². The molecule has 0 unspecified atom stereocenters. The predicted molar refractivity (Wildman–Crippen MR) is 108 cm³/mol. The standard InChI is InChI=1S/C21H23N3O2S/c1-3-13-24-20(16-26-19-12-8-7-9-17(19)2)22-23-21(24)27-15-14-25-18-10-5-4-6-11-18/h3-12H,1,13-16H2,2H3. The fourth-order valence-corrected chi connectivity index (χ4v) is 3.30. The lowest BCUT2D eigenvalue weighted by Gasteiger charge is -2.10. The molecule has 0 atom stereocenters. The van der Waals surface area contributed by atoms with E-state index in [9.17, 15) is 0 Å². The van der Waals surface area contributed by atoms with Crippen molar-refractivity contribution in [3.8, 4) is 11.5 Å². The summed E-state index contributed by atoms with van der Waals surface area (Å²) in [5.41, 5.74) is 1.10. The Kier molecular flexibility index (Phi) is 6.93. The highest BCUT2D eigenvalue weighted by atomic mass is 32.2. The smallest absolute Gasteiger partial charge is 0.191 e. The summed E-state index contributed by atoms with van der Waals surface area (Å²) in [7, 11) is 0. The fraction of sp³-hybridized carbons (Fsp3) is 0.238.